The molecule has 38 heavy (non-hydrogen) atoms. The number of fused-ring (bicyclic) bond motifs is 1. The molecule has 4 aromatic carbocycles. The first-order chi connectivity index (χ1) is 18.2. The number of hydrogen-bond acceptors (Lipinski definition) is 4. The van der Waals surface area contributed by atoms with Crippen LogP contribution in [0.25, 0.3) is 16.8 Å². The summed E-state index contributed by atoms with van der Waals surface area (Å²) in [6.07, 6.45) is 1.42. The lowest BCUT2D eigenvalue weighted by Crippen LogP contribution is -2.54. The summed E-state index contributed by atoms with van der Waals surface area (Å²) >= 11 is 24.2. The summed E-state index contributed by atoms with van der Waals surface area (Å²) in [6, 6.07) is 19.6. The number of imide groups is 2. The molecular formula is C28H16Cl4N2O4. The molecule has 1 fully saturated rings. The molecule has 4 aromatic rings. The van der Waals surface area contributed by atoms with Crippen molar-refractivity contribution in [1.82, 2.24) is 5.32 Å². The fraction of sp³-hybridized carbons (Fsp3) is 0.0357. The fourth-order valence-electron chi connectivity index (χ4n) is 4.00. The highest BCUT2D eigenvalue weighted by Gasteiger charge is 2.37. The first-order valence-electron chi connectivity index (χ1n) is 11.2. The van der Waals surface area contributed by atoms with Crippen molar-refractivity contribution in [3.8, 4) is 5.75 Å². The summed E-state index contributed by atoms with van der Waals surface area (Å²) < 4.78 is 6.10. The predicted octanol–water partition coefficient (Wildman–Crippen LogP) is 7.70. The van der Waals surface area contributed by atoms with Crippen molar-refractivity contribution in [2.45, 2.75) is 6.61 Å². The van der Waals surface area contributed by atoms with Crippen molar-refractivity contribution in [3.05, 3.63) is 110 Å². The number of nitrogens with one attached hydrogen (secondary N) is 1. The van der Waals surface area contributed by atoms with Crippen LogP contribution in [0, 0.1) is 0 Å². The lowest BCUT2D eigenvalue weighted by Gasteiger charge is -2.26. The van der Waals surface area contributed by atoms with Crippen LogP contribution in [0.1, 0.15) is 11.1 Å². The second kappa shape index (κ2) is 10.7. The molecule has 4 amide bonds. The van der Waals surface area contributed by atoms with Gasteiger partial charge in [0.2, 0.25) is 0 Å². The summed E-state index contributed by atoms with van der Waals surface area (Å²) in [6.45, 7) is 0.152. The van der Waals surface area contributed by atoms with Gasteiger partial charge in [-0.05, 0) is 58.8 Å². The Balaban J connectivity index is 1.57. The van der Waals surface area contributed by atoms with Crippen molar-refractivity contribution in [1.29, 1.82) is 0 Å². The smallest absolute Gasteiger partial charge is 0.335 e. The van der Waals surface area contributed by atoms with Crippen molar-refractivity contribution in [3.63, 3.8) is 0 Å². The maximum Gasteiger partial charge on any atom is 0.335 e. The summed E-state index contributed by atoms with van der Waals surface area (Å²) in [5, 5.41) is 5.05. The van der Waals surface area contributed by atoms with E-state index in [0.717, 1.165) is 21.2 Å². The molecule has 0 radical (unpaired) electrons. The number of barbiturate groups is 1. The zero-order valence-electron chi connectivity index (χ0n) is 19.3. The normalized spacial score (nSPS) is 14.8. The van der Waals surface area contributed by atoms with Gasteiger partial charge in [-0.25, -0.2) is 9.69 Å². The molecule has 1 saturated heterocycles. The Morgan fingerprint density at radius 2 is 1.50 bits per heavy atom. The van der Waals surface area contributed by atoms with Gasteiger partial charge in [-0.2, -0.15) is 0 Å². The number of amides is 4. The second-order valence-electron chi connectivity index (χ2n) is 8.29. The van der Waals surface area contributed by atoms with Crippen molar-refractivity contribution < 1.29 is 19.1 Å². The first kappa shape index (κ1) is 26.1. The van der Waals surface area contributed by atoms with Gasteiger partial charge in [0.25, 0.3) is 11.8 Å². The van der Waals surface area contributed by atoms with Gasteiger partial charge in [-0.3, -0.25) is 14.9 Å². The molecule has 0 bridgehead atoms. The first-order valence-corrected chi connectivity index (χ1v) is 12.7. The highest BCUT2D eigenvalue weighted by atomic mass is 35.5. The van der Waals surface area contributed by atoms with Gasteiger partial charge in [0.05, 0.1) is 25.8 Å². The summed E-state index contributed by atoms with van der Waals surface area (Å²) in [5.41, 5.74) is 1.17. The molecule has 0 saturated carbocycles. The van der Waals surface area contributed by atoms with E-state index in [1.54, 1.807) is 24.3 Å². The Morgan fingerprint density at radius 1 is 0.789 bits per heavy atom. The SMILES string of the molecule is O=C1NC(=O)N(c2ccc(Cl)c(Cl)c2)C(=O)/C1=C/c1c(OCc2ccc(Cl)c(Cl)c2)ccc2ccccc12. The molecule has 1 N–H and O–H groups in total. The van der Waals surface area contributed by atoms with E-state index in [2.05, 4.69) is 5.32 Å². The number of carbonyl (C=O) groups is 3. The molecule has 0 unspecified atom stereocenters. The molecule has 1 aliphatic heterocycles. The minimum atomic E-state index is -0.899. The molecule has 5 rings (SSSR count). The van der Waals surface area contributed by atoms with E-state index in [1.807, 2.05) is 30.3 Å². The quantitative estimate of drug-likeness (QED) is 0.192. The molecule has 6 nitrogen and oxygen atoms in total. The third kappa shape index (κ3) is 5.08. The zero-order valence-corrected chi connectivity index (χ0v) is 22.3. The molecule has 0 spiro atoms. The molecule has 0 aromatic heterocycles. The number of ether oxygens (including phenoxy) is 1. The maximum atomic E-state index is 13.5. The van der Waals surface area contributed by atoms with Crippen LogP contribution in [0.5, 0.6) is 5.75 Å². The maximum absolute atomic E-state index is 13.5. The van der Waals surface area contributed by atoms with Gasteiger partial charge in [0.15, 0.2) is 0 Å². The monoisotopic (exact) mass is 584 g/mol. The van der Waals surface area contributed by atoms with Crippen molar-refractivity contribution in [2.75, 3.05) is 4.90 Å². The van der Waals surface area contributed by atoms with Gasteiger partial charge < -0.3 is 4.74 Å². The fourth-order valence-corrected chi connectivity index (χ4v) is 4.61. The summed E-state index contributed by atoms with van der Waals surface area (Å²) in [5.74, 6) is -1.24. The van der Waals surface area contributed by atoms with Crippen LogP contribution in [0.15, 0.2) is 78.4 Å². The van der Waals surface area contributed by atoms with Crippen LogP contribution >= 0.6 is 46.4 Å². The number of carbonyl (C=O) groups excluding carboxylic acids is 3. The summed E-state index contributed by atoms with van der Waals surface area (Å²) in [7, 11) is 0. The largest absolute Gasteiger partial charge is 0.488 e. The summed E-state index contributed by atoms with van der Waals surface area (Å²) in [4.78, 5) is 39.8. The highest BCUT2D eigenvalue weighted by molar-refractivity contribution is 6.43. The Morgan fingerprint density at radius 3 is 2.24 bits per heavy atom. The number of anilines is 1. The Bertz CT molecular complexity index is 1670. The van der Waals surface area contributed by atoms with E-state index >= 15 is 0 Å². The predicted molar refractivity (Wildman–Crippen MR) is 150 cm³/mol. The van der Waals surface area contributed by atoms with E-state index in [-0.39, 0.29) is 27.9 Å². The molecule has 0 aliphatic carbocycles. The minimum Gasteiger partial charge on any atom is -0.488 e. The van der Waals surface area contributed by atoms with E-state index in [9.17, 15) is 14.4 Å². The third-order valence-electron chi connectivity index (χ3n) is 5.86. The highest BCUT2D eigenvalue weighted by Crippen LogP contribution is 2.34. The molecular weight excluding hydrogens is 570 g/mol. The molecule has 0 atom stereocenters. The van der Waals surface area contributed by atoms with Gasteiger partial charge in [0.1, 0.15) is 17.9 Å². The zero-order chi connectivity index (χ0) is 27.0. The Kier molecular flexibility index (Phi) is 7.32. The van der Waals surface area contributed by atoms with Crippen LogP contribution in [-0.2, 0) is 16.2 Å². The second-order valence-corrected chi connectivity index (χ2v) is 9.92. The average Bonchev–Trinajstić information content (AvgIpc) is 2.89. The molecule has 1 heterocycles. The number of nitrogens with zero attached hydrogens (tertiary/aromatic N) is 1. The van der Waals surface area contributed by atoms with E-state index in [1.165, 1.54) is 24.3 Å². The molecule has 1 aliphatic rings. The average molecular weight is 586 g/mol. The lowest BCUT2D eigenvalue weighted by molar-refractivity contribution is -0.122. The Labute approximate surface area is 237 Å². The number of rotatable bonds is 5. The van der Waals surface area contributed by atoms with Crippen LogP contribution in [0.2, 0.25) is 20.1 Å². The topological polar surface area (TPSA) is 75.7 Å². The van der Waals surface area contributed by atoms with Crippen LogP contribution in [-0.4, -0.2) is 17.8 Å². The van der Waals surface area contributed by atoms with Gasteiger partial charge in [-0.1, -0.05) is 82.8 Å². The van der Waals surface area contributed by atoms with Crippen LogP contribution in [0.3, 0.4) is 0 Å². The number of halogens is 4. The third-order valence-corrected chi connectivity index (χ3v) is 7.34. The standard InChI is InChI=1S/C28H16Cl4N2O4/c29-21-8-5-15(11-23(21)31)14-38-25-10-6-16-3-1-2-4-18(16)19(25)13-20-26(35)33-28(37)34(27(20)36)17-7-9-22(30)24(32)12-17/h1-13H,14H2,(H,33,35,37)/b20-13+. The molecule has 10 heteroatoms. The van der Waals surface area contributed by atoms with Crippen LogP contribution in [0.4, 0.5) is 10.5 Å². The van der Waals surface area contributed by atoms with E-state index in [0.29, 0.717) is 21.4 Å². The van der Waals surface area contributed by atoms with E-state index in [4.69, 9.17) is 51.1 Å². The number of urea groups is 1. The van der Waals surface area contributed by atoms with Gasteiger partial charge in [-0.15, -0.1) is 0 Å². The van der Waals surface area contributed by atoms with Crippen molar-refractivity contribution >= 4 is 86.8 Å². The van der Waals surface area contributed by atoms with Crippen molar-refractivity contribution in [2.24, 2.45) is 0 Å². The molecule has 190 valence electrons. The minimum absolute atomic E-state index is 0.152. The lowest BCUT2D eigenvalue weighted by atomic mass is 9.99. The number of benzene rings is 4. The Hall–Kier alpha value is -3.55. The van der Waals surface area contributed by atoms with E-state index < -0.39 is 17.8 Å². The van der Waals surface area contributed by atoms with Gasteiger partial charge >= 0.3 is 6.03 Å². The number of hydrogen-bond donors (Lipinski definition) is 1. The van der Waals surface area contributed by atoms with Gasteiger partial charge in [0, 0.05) is 5.56 Å². The van der Waals surface area contributed by atoms with Crippen LogP contribution < -0.4 is 15.0 Å².